The summed E-state index contributed by atoms with van der Waals surface area (Å²) in [6, 6.07) is 0. The van der Waals surface area contributed by atoms with Gasteiger partial charge in [0.1, 0.15) is 0 Å². The van der Waals surface area contributed by atoms with Crippen molar-refractivity contribution in [1.82, 2.24) is 0 Å². The molecule has 2 unspecified atom stereocenters. The van der Waals surface area contributed by atoms with Crippen LogP contribution in [0.15, 0.2) is 11.6 Å². The highest BCUT2D eigenvalue weighted by molar-refractivity contribution is 9.09. The maximum Gasteiger partial charge on any atom is 0.0741 e. The van der Waals surface area contributed by atoms with Gasteiger partial charge >= 0.3 is 0 Å². The van der Waals surface area contributed by atoms with Crippen LogP contribution < -0.4 is 0 Å². The van der Waals surface area contributed by atoms with Gasteiger partial charge in [-0.2, -0.15) is 0 Å². The third-order valence-electron chi connectivity index (χ3n) is 2.04. The van der Waals surface area contributed by atoms with Crippen LogP contribution in [0, 0.1) is 0 Å². The first kappa shape index (κ1) is 10.2. The van der Waals surface area contributed by atoms with Crippen LogP contribution in [-0.2, 0) is 4.74 Å². The molecule has 0 radical (unpaired) electrons. The molecule has 3 heteroatoms. The molecule has 0 bridgehead atoms. The largest absolute Gasteiger partial charge is 0.394 e. The van der Waals surface area contributed by atoms with Gasteiger partial charge in [0.15, 0.2) is 0 Å². The van der Waals surface area contributed by atoms with Crippen LogP contribution in [0.2, 0.25) is 0 Å². The second kappa shape index (κ2) is 5.00. The maximum atomic E-state index is 8.59. The molecular formula is C9H15BrO2. The molecule has 1 aliphatic carbocycles. The first-order valence-electron chi connectivity index (χ1n) is 4.26. The number of hydrogen-bond acceptors (Lipinski definition) is 2. The van der Waals surface area contributed by atoms with Crippen molar-refractivity contribution < 1.29 is 9.84 Å². The summed E-state index contributed by atoms with van der Waals surface area (Å²) in [5, 5.41) is 8.59. The van der Waals surface area contributed by atoms with Crippen LogP contribution in [0.25, 0.3) is 0 Å². The van der Waals surface area contributed by atoms with Crippen LogP contribution >= 0.6 is 15.9 Å². The Labute approximate surface area is 81.7 Å². The SMILES string of the molecule is CC1=CCC(Br)C(OCCO)C1. The Balaban J connectivity index is 2.37. The van der Waals surface area contributed by atoms with Gasteiger partial charge in [-0.05, 0) is 19.8 Å². The number of aliphatic hydroxyl groups is 1. The molecule has 0 aromatic heterocycles. The molecule has 70 valence electrons. The maximum absolute atomic E-state index is 8.59. The third-order valence-corrected chi connectivity index (χ3v) is 3.00. The molecule has 0 amide bonds. The van der Waals surface area contributed by atoms with E-state index in [2.05, 4.69) is 28.9 Å². The molecule has 0 aromatic carbocycles. The summed E-state index contributed by atoms with van der Waals surface area (Å²) in [5.41, 5.74) is 1.38. The highest BCUT2D eigenvalue weighted by atomic mass is 79.9. The predicted octanol–water partition coefficient (Wildman–Crippen LogP) is 1.87. The van der Waals surface area contributed by atoms with E-state index >= 15 is 0 Å². The number of ether oxygens (including phenoxy) is 1. The van der Waals surface area contributed by atoms with E-state index in [1.807, 2.05) is 0 Å². The van der Waals surface area contributed by atoms with Gasteiger partial charge in [0, 0.05) is 4.83 Å². The minimum absolute atomic E-state index is 0.110. The molecule has 1 aliphatic rings. The van der Waals surface area contributed by atoms with Crippen molar-refractivity contribution in [2.45, 2.75) is 30.7 Å². The lowest BCUT2D eigenvalue weighted by Crippen LogP contribution is -2.28. The highest BCUT2D eigenvalue weighted by Gasteiger charge is 2.22. The predicted molar refractivity (Wildman–Crippen MR) is 52.5 cm³/mol. The molecule has 0 spiro atoms. The van der Waals surface area contributed by atoms with Gasteiger partial charge in [-0.1, -0.05) is 27.6 Å². The molecule has 1 rings (SSSR count). The summed E-state index contributed by atoms with van der Waals surface area (Å²) < 4.78 is 5.48. The fourth-order valence-electron chi connectivity index (χ4n) is 1.36. The van der Waals surface area contributed by atoms with Gasteiger partial charge in [0.2, 0.25) is 0 Å². The smallest absolute Gasteiger partial charge is 0.0741 e. The number of alkyl halides is 1. The monoisotopic (exact) mass is 234 g/mol. The number of allylic oxidation sites excluding steroid dienone is 1. The Morgan fingerprint density at radius 1 is 1.75 bits per heavy atom. The van der Waals surface area contributed by atoms with E-state index in [0.29, 0.717) is 11.4 Å². The Morgan fingerprint density at radius 2 is 2.50 bits per heavy atom. The van der Waals surface area contributed by atoms with Gasteiger partial charge in [-0.25, -0.2) is 0 Å². The lowest BCUT2D eigenvalue weighted by molar-refractivity contribution is 0.0270. The van der Waals surface area contributed by atoms with Crippen LogP contribution in [0.4, 0.5) is 0 Å². The van der Waals surface area contributed by atoms with E-state index in [1.54, 1.807) is 0 Å². The summed E-state index contributed by atoms with van der Waals surface area (Å²) in [6.45, 7) is 2.67. The minimum Gasteiger partial charge on any atom is -0.394 e. The fourth-order valence-corrected chi connectivity index (χ4v) is 1.89. The topological polar surface area (TPSA) is 29.5 Å². The fraction of sp³-hybridized carbons (Fsp3) is 0.778. The van der Waals surface area contributed by atoms with E-state index in [4.69, 9.17) is 9.84 Å². The van der Waals surface area contributed by atoms with Crippen molar-refractivity contribution in [3.63, 3.8) is 0 Å². The van der Waals surface area contributed by atoms with Crippen LogP contribution in [0.1, 0.15) is 19.8 Å². The molecular weight excluding hydrogens is 220 g/mol. The van der Waals surface area contributed by atoms with Gasteiger partial charge in [-0.15, -0.1) is 0 Å². The lowest BCUT2D eigenvalue weighted by Gasteiger charge is -2.26. The van der Waals surface area contributed by atoms with Gasteiger partial charge in [0.05, 0.1) is 19.3 Å². The zero-order valence-electron chi connectivity index (χ0n) is 7.29. The molecule has 0 saturated heterocycles. The van der Waals surface area contributed by atoms with Crippen LogP contribution in [0.3, 0.4) is 0 Å². The summed E-state index contributed by atoms with van der Waals surface area (Å²) in [5.74, 6) is 0. The van der Waals surface area contributed by atoms with Crippen LogP contribution in [0.5, 0.6) is 0 Å². The van der Waals surface area contributed by atoms with E-state index in [1.165, 1.54) is 5.57 Å². The Morgan fingerprint density at radius 3 is 3.17 bits per heavy atom. The van der Waals surface area contributed by atoms with Gasteiger partial charge in [0.25, 0.3) is 0 Å². The van der Waals surface area contributed by atoms with E-state index in [-0.39, 0.29) is 12.7 Å². The molecule has 0 saturated carbocycles. The molecule has 0 fully saturated rings. The molecule has 1 N–H and O–H groups in total. The van der Waals surface area contributed by atoms with Gasteiger partial charge < -0.3 is 9.84 Å². The second-order valence-electron chi connectivity index (χ2n) is 3.14. The standard InChI is InChI=1S/C9H15BrO2/c1-7-2-3-8(10)9(6-7)12-5-4-11/h2,8-9,11H,3-6H2,1H3. The number of aliphatic hydroxyl groups excluding tert-OH is 1. The third kappa shape index (κ3) is 2.88. The van der Waals surface area contributed by atoms with Crippen molar-refractivity contribution in [1.29, 1.82) is 0 Å². The normalized spacial score (nSPS) is 30.1. The highest BCUT2D eigenvalue weighted by Crippen LogP contribution is 2.26. The molecule has 12 heavy (non-hydrogen) atoms. The Hall–Kier alpha value is 0.140. The number of hydrogen-bond donors (Lipinski definition) is 1. The Bertz CT molecular complexity index is 168. The first-order chi connectivity index (χ1) is 5.74. The van der Waals surface area contributed by atoms with Crippen LogP contribution in [-0.4, -0.2) is 29.3 Å². The minimum atomic E-state index is 0.110. The molecule has 0 aliphatic heterocycles. The van der Waals surface area contributed by atoms with Crippen molar-refractivity contribution >= 4 is 15.9 Å². The van der Waals surface area contributed by atoms with Crippen molar-refractivity contribution in [2.75, 3.05) is 13.2 Å². The van der Waals surface area contributed by atoms with E-state index in [9.17, 15) is 0 Å². The lowest BCUT2D eigenvalue weighted by atomic mass is 9.98. The second-order valence-corrected chi connectivity index (χ2v) is 4.32. The molecule has 2 nitrogen and oxygen atoms in total. The average Bonchev–Trinajstić information content (AvgIpc) is 2.07. The quantitative estimate of drug-likeness (QED) is 0.597. The van der Waals surface area contributed by atoms with Crippen molar-refractivity contribution in [2.24, 2.45) is 0 Å². The molecule has 0 aromatic rings. The number of rotatable bonds is 3. The zero-order valence-corrected chi connectivity index (χ0v) is 8.88. The van der Waals surface area contributed by atoms with Crippen molar-refractivity contribution in [3.8, 4) is 0 Å². The summed E-state index contributed by atoms with van der Waals surface area (Å²) in [7, 11) is 0. The zero-order chi connectivity index (χ0) is 8.97. The van der Waals surface area contributed by atoms with Crippen molar-refractivity contribution in [3.05, 3.63) is 11.6 Å². The van der Waals surface area contributed by atoms with E-state index < -0.39 is 0 Å². The molecule has 2 atom stereocenters. The summed E-state index contributed by atoms with van der Waals surface area (Å²) in [6.07, 6.45) is 4.48. The van der Waals surface area contributed by atoms with Gasteiger partial charge in [-0.3, -0.25) is 0 Å². The van der Waals surface area contributed by atoms with E-state index in [0.717, 1.165) is 12.8 Å². The summed E-state index contributed by atoms with van der Waals surface area (Å²) >= 11 is 3.56. The average molecular weight is 235 g/mol. The first-order valence-corrected chi connectivity index (χ1v) is 5.17. The molecule has 0 heterocycles. The summed E-state index contributed by atoms with van der Waals surface area (Å²) in [4.78, 5) is 0.410. The number of halogens is 1. The Kier molecular flexibility index (Phi) is 4.26.